The Labute approximate surface area is 173 Å². The van der Waals surface area contributed by atoms with Crippen molar-refractivity contribution in [2.45, 2.75) is 26.3 Å². The predicted molar refractivity (Wildman–Crippen MR) is 112 cm³/mol. The number of halogens is 2. The van der Waals surface area contributed by atoms with Crippen LogP contribution in [0, 0.1) is 5.92 Å². The maximum absolute atomic E-state index is 12.8. The van der Waals surface area contributed by atoms with Crippen LogP contribution in [0.4, 0.5) is 0 Å². The number of carbonyl (C=O) groups is 1. The van der Waals surface area contributed by atoms with Crippen molar-refractivity contribution >= 4 is 45.9 Å². The molecule has 1 aliphatic heterocycles. The van der Waals surface area contributed by atoms with Gasteiger partial charge in [0.25, 0.3) is 0 Å². The van der Waals surface area contributed by atoms with Crippen molar-refractivity contribution in [1.82, 2.24) is 15.0 Å². The minimum atomic E-state index is -0.203. The van der Waals surface area contributed by atoms with Crippen molar-refractivity contribution in [3.63, 3.8) is 0 Å². The van der Waals surface area contributed by atoms with Crippen LogP contribution in [0.5, 0.6) is 0 Å². The maximum Gasteiger partial charge on any atom is 0.245 e. The topological polar surface area (TPSA) is 58.5 Å². The van der Waals surface area contributed by atoms with Crippen molar-refractivity contribution in [1.29, 1.82) is 0 Å². The first-order chi connectivity index (χ1) is 13.4. The Morgan fingerprint density at radius 3 is 2.50 bits per heavy atom. The summed E-state index contributed by atoms with van der Waals surface area (Å²) in [5.74, 6) is -0.195. The summed E-state index contributed by atoms with van der Waals surface area (Å²) in [6, 6.07) is 11.1. The molecule has 0 unspecified atom stereocenters. The molecule has 0 spiro atoms. The third-order valence-corrected chi connectivity index (χ3v) is 5.50. The highest BCUT2D eigenvalue weighted by Crippen LogP contribution is 2.35. The number of hydrogen-bond donors (Lipinski definition) is 0. The van der Waals surface area contributed by atoms with E-state index in [2.05, 4.69) is 15.1 Å². The van der Waals surface area contributed by atoms with Gasteiger partial charge >= 0.3 is 0 Å². The molecule has 0 N–H and O–H groups in total. The van der Waals surface area contributed by atoms with Crippen molar-refractivity contribution in [2.75, 3.05) is 0 Å². The summed E-state index contributed by atoms with van der Waals surface area (Å²) in [7, 11) is 0. The van der Waals surface area contributed by atoms with E-state index in [1.54, 1.807) is 29.5 Å². The largest absolute Gasteiger partial charge is 0.273 e. The highest BCUT2D eigenvalue weighted by molar-refractivity contribution is 6.42. The van der Waals surface area contributed by atoms with Gasteiger partial charge in [-0.1, -0.05) is 49.2 Å². The summed E-state index contributed by atoms with van der Waals surface area (Å²) < 4.78 is 0. The van der Waals surface area contributed by atoms with Gasteiger partial charge in [0.15, 0.2) is 0 Å². The lowest BCUT2D eigenvalue weighted by Crippen LogP contribution is -2.30. The first kappa shape index (κ1) is 18.8. The number of carbonyl (C=O) groups excluding carboxylic acids is 1. The van der Waals surface area contributed by atoms with Gasteiger partial charge in [-0.3, -0.25) is 14.8 Å². The third-order valence-electron chi connectivity index (χ3n) is 4.76. The number of benzene rings is 2. The Morgan fingerprint density at radius 1 is 1.04 bits per heavy atom. The van der Waals surface area contributed by atoms with Crippen LogP contribution in [-0.2, 0) is 4.79 Å². The first-order valence-corrected chi connectivity index (χ1v) is 9.76. The van der Waals surface area contributed by atoms with Crippen LogP contribution < -0.4 is 0 Å². The van der Waals surface area contributed by atoms with Gasteiger partial charge in [0.2, 0.25) is 5.91 Å². The van der Waals surface area contributed by atoms with Crippen molar-refractivity contribution in [3.05, 3.63) is 70.0 Å². The maximum atomic E-state index is 12.8. The highest BCUT2D eigenvalue weighted by Gasteiger charge is 2.34. The van der Waals surface area contributed by atoms with Crippen molar-refractivity contribution < 1.29 is 4.79 Å². The van der Waals surface area contributed by atoms with Gasteiger partial charge in [-0.2, -0.15) is 5.10 Å². The zero-order valence-corrected chi connectivity index (χ0v) is 16.9. The number of aromatic nitrogens is 2. The van der Waals surface area contributed by atoms with E-state index in [0.717, 1.165) is 27.9 Å². The molecule has 5 nitrogen and oxygen atoms in total. The fraction of sp³-hybridized carbons (Fsp3) is 0.238. The van der Waals surface area contributed by atoms with Crippen LogP contribution >= 0.6 is 23.2 Å². The fourth-order valence-electron chi connectivity index (χ4n) is 3.28. The molecular formula is C21H18Cl2N4O. The van der Waals surface area contributed by atoms with E-state index in [9.17, 15) is 4.79 Å². The monoisotopic (exact) mass is 412 g/mol. The van der Waals surface area contributed by atoms with E-state index in [4.69, 9.17) is 23.2 Å². The summed E-state index contributed by atoms with van der Waals surface area (Å²) in [6.45, 7) is 3.75. The molecule has 1 amide bonds. The lowest BCUT2D eigenvalue weighted by atomic mass is 9.97. The van der Waals surface area contributed by atoms with Gasteiger partial charge in [-0.15, -0.1) is 0 Å². The molecule has 0 saturated heterocycles. The predicted octanol–water partition coefficient (Wildman–Crippen LogP) is 5.27. The summed E-state index contributed by atoms with van der Waals surface area (Å²) in [5.41, 5.74) is 4.24. The molecule has 0 saturated carbocycles. The number of fused-ring (bicyclic) bond motifs is 1. The third kappa shape index (κ3) is 3.48. The molecule has 2 heterocycles. The molecule has 1 aliphatic rings. The van der Waals surface area contributed by atoms with Crippen LogP contribution in [0.3, 0.4) is 0 Å². The van der Waals surface area contributed by atoms with E-state index < -0.39 is 0 Å². The zero-order valence-electron chi connectivity index (χ0n) is 15.4. The van der Waals surface area contributed by atoms with E-state index in [0.29, 0.717) is 16.5 Å². The Kier molecular flexibility index (Phi) is 5.04. The second kappa shape index (κ2) is 7.49. The smallest absolute Gasteiger partial charge is 0.245 e. The average molecular weight is 413 g/mol. The summed E-state index contributed by atoms with van der Waals surface area (Å²) in [6.07, 6.45) is 3.91. The molecule has 1 atom stereocenters. The highest BCUT2D eigenvalue weighted by atomic mass is 35.5. The molecule has 0 aliphatic carbocycles. The lowest BCUT2D eigenvalue weighted by Gasteiger charge is -2.23. The quantitative estimate of drug-likeness (QED) is 0.588. The van der Waals surface area contributed by atoms with Gasteiger partial charge < -0.3 is 0 Å². The number of nitrogens with zero attached hydrogens (tertiary/aromatic N) is 4. The van der Waals surface area contributed by atoms with Crippen molar-refractivity contribution in [3.8, 4) is 0 Å². The molecule has 0 radical (unpaired) electrons. The molecule has 3 aromatic rings. The Morgan fingerprint density at radius 2 is 1.79 bits per heavy atom. The molecular weight excluding hydrogens is 395 g/mol. The standard InChI is InChI=1S/C21H18Cl2N4O/c1-12(2)21(28)27-20(14-4-6-17-19(10-14)25-8-7-24-17)11-18(26-27)13-3-5-15(22)16(23)9-13/h3-10,12,20H,11H2,1-2H3/t20-/m0/s1. The fourth-order valence-corrected chi connectivity index (χ4v) is 3.57. The number of amides is 1. The van der Waals surface area contributed by atoms with Crippen LogP contribution in [-0.4, -0.2) is 26.6 Å². The minimum absolute atomic E-state index is 0.0284. The lowest BCUT2D eigenvalue weighted by molar-refractivity contribution is -0.136. The molecule has 2 aromatic carbocycles. The van der Waals surface area contributed by atoms with E-state index in [1.807, 2.05) is 38.1 Å². The van der Waals surface area contributed by atoms with Gasteiger partial charge in [0.05, 0.1) is 32.8 Å². The average Bonchev–Trinajstić information content (AvgIpc) is 3.14. The number of hydrogen-bond acceptors (Lipinski definition) is 4. The van der Waals surface area contributed by atoms with Crippen LogP contribution in [0.2, 0.25) is 10.0 Å². The van der Waals surface area contributed by atoms with Crippen molar-refractivity contribution in [2.24, 2.45) is 11.0 Å². The van der Waals surface area contributed by atoms with Gasteiger partial charge in [-0.25, -0.2) is 5.01 Å². The Hall–Kier alpha value is -2.50. The summed E-state index contributed by atoms with van der Waals surface area (Å²) >= 11 is 12.2. The minimum Gasteiger partial charge on any atom is -0.273 e. The van der Waals surface area contributed by atoms with E-state index in [-0.39, 0.29) is 17.9 Å². The zero-order chi connectivity index (χ0) is 19.8. The summed E-state index contributed by atoms with van der Waals surface area (Å²) in [5, 5.41) is 7.19. The Bertz CT molecular complexity index is 1100. The van der Waals surface area contributed by atoms with Gasteiger partial charge in [0, 0.05) is 24.7 Å². The molecule has 7 heteroatoms. The SMILES string of the molecule is CC(C)C(=O)N1N=C(c2ccc(Cl)c(Cl)c2)C[C@H]1c1ccc2nccnc2c1. The van der Waals surface area contributed by atoms with Gasteiger partial charge in [0.1, 0.15) is 0 Å². The molecule has 4 rings (SSSR count). The van der Waals surface area contributed by atoms with E-state index in [1.165, 1.54) is 0 Å². The second-order valence-corrected chi connectivity index (χ2v) is 7.85. The molecule has 0 fully saturated rings. The first-order valence-electron chi connectivity index (χ1n) is 9.00. The molecule has 1 aromatic heterocycles. The van der Waals surface area contributed by atoms with Crippen LogP contribution in [0.25, 0.3) is 11.0 Å². The van der Waals surface area contributed by atoms with Gasteiger partial charge in [-0.05, 0) is 35.4 Å². The second-order valence-electron chi connectivity index (χ2n) is 7.04. The normalized spacial score (nSPS) is 16.7. The Balaban J connectivity index is 1.75. The number of rotatable bonds is 3. The van der Waals surface area contributed by atoms with E-state index >= 15 is 0 Å². The molecule has 142 valence electrons. The van der Waals surface area contributed by atoms with Crippen LogP contribution in [0.15, 0.2) is 53.9 Å². The molecule has 28 heavy (non-hydrogen) atoms. The summed E-state index contributed by atoms with van der Waals surface area (Å²) in [4.78, 5) is 21.5. The molecule has 0 bridgehead atoms. The van der Waals surface area contributed by atoms with Crippen LogP contribution in [0.1, 0.15) is 37.4 Å². The number of hydrazone groups is 1.